The molecule has 0 saturated carbocycles. The number of rotatable bonds is 9. The summed E-state index contributed by atoms with van der Waals surface area (Å²) in [5, 5.41) is 0. The molecule has 4 nitrogen and oxygen atoms in total. The van der Waals surface area contributed by atoms with Crippen LogP contribution in [0.5, 0.6) is 0 Å². The van der Waals surface area contributed by atoms with E-state index in [1.54, 1.807) is 6.08 Å². The molecule has 192 valence electrons. The Morgan fingerprint density at radius 3 is 1.45 bits per heavy atom. The molecule has 6 rings (SSSR count). The third kappa shape index (κ3) is 5.59. The zero-order valence-electron chi connectivity index (χ0n) is 21.8. The van der Waals surface area contributed by atoms with Crippen LogP contribution in [0.2, 0.25) is 0 Å². The Bertz CT molecular complexity index is 1680. The van der Waals surface area contributed by atoms with Crippen molar-refractivity contribution in [3.8, 4) is 22.5 Å². The number of hydrogen-bond acceptors (Lipinski definition) is 2. The molecule has 40 heavy (non-hydrogen) atoms. The number of carbonyl (C=O) groups excluding carboxylic acids is 1. The van der Waals surface area contributed by atoms with Crippen molar-refractivity contribution in [1.82, 2.24) is 9.97 Å². The Kier molecular flexibility index (Phi) is 7.27. The SMILES string of the molecule is O=C(/C=C(/OB(c1ccccc1)c1ccccc1)c1ccc(-c2ccccc2)[nH]1)c1ccc(-c2ccccc2)[nH]1. The maximum atomic E-state index is 13.6. The molecule has 0 spiro atoms. The quantitative estimate of drug-likeness (QED) is 0.0966. The third-order valence-corrected chi connectivity index (χ3v) is 6.78. The van der Waals surface area contributed by atoms with Crippen LogP contribution in [0.15, 0.2) is 152 Å². The second-order valence-corrected chi connectivity index (χ2v) is 9.50. The topological polar surface area (TPSA) is 57.9 Å². The minimum Gasteiger partial charge on any atom is -0.550 e. The molecule has 6 aromatic rings. The van der Waals surface area contributed by atoms with Crippen molar-refractivity contribution in [3.63, 3.8) is 0 Å². The Labute approximate surface area is 234 Å². The van der Waals surface area contributed by atoms with Crippen LogP contribution in [0.1, 0.15) is 16.2 Å². The van der Waals surface area contributed by atoms with E-state index in [4.69, 9.17) is 4.65 Å². The standard InChI is InChI=1S/C35H27BN2O2/c39-34(32-23-21-30(37-32)26-13-5-1-6-14-26)25-35(33-24-22-31(38-33)27-15-7-2-8-16-27)40-36(28-17-9-3-10-18-28)29-19-11-4-12-20-29/h1-25,37-38H/b35-25+. The minimum atomic E-state index is -0.409. The van der Waals surface area contributed by atoms with Crippen molar-refractivity contribution < 1.29 is 9.45 Å². The third-order valence-electron chi connectivity index (χ3n) is 6.78. The highest BCUT2D eigenvalue weighted by molar-refractivity contribution is 6.80. The van der Waals surface area contributed by atoms with Crippen LogP contribution in [0.4, 0.5) is 0 Å². The molecule has 0 amide bonds. The molecule has 0 unspecified atom stereocenters. The zero-order chi connectivity index (χ0) is 27.1. The van der Waals surface area contributed by atoms with Gasteiger partial charge in [-0.05, 0) is 46.3 Å². The normalized spacial score (nSPS) is 11.2. The van der Waals surface area contributed by atoms with E-state index in [-0.39, 0.29) is 5.78 Å². The number of H-pyrrole nitrogens is 2. The summed E-state index contributed by atoms with van der Waals surface area (Å²) in [6.07, 6.45) is 1.57. The molecule has 2 heterocycles. The van der Waals surface area contributed by atoms with Gasteiger partial charge < -0.3 is 14.6 Å². The summed E-state index contributed by atoms with van der Waals surface area (Å²) >= 11 is 0. The van der Waals surface area contributed by atoms with Gasteiger partial charge in [0.25, 0.3) is 0 Å². The number of ketones is 1. The molecule has 0 aliphatic carbocycles. The number of nitrogens with one attached hydrogen (secondary N) is 2. The Morgan fingerprint density at radius 1 is 0.525 bits per heavy atom. The molecule has 0 atom stereocenters. The predicted molar refractivity (Wildman–Crippen MR) is 164 cm³/mol. The molecule has 2 N–H and O–H groups in total. The van der Waals surface area contributed by atoms with E-state index in [9.17, 15) is 4.79 Å². The molecular formula is C35H27BN2O2. The van der Waals surface area contributed by atoms with Gasteiger partial charge in [-0.15, -0.1) is 0 Å². The van der Waals surface area contributed by atoms with E-state index in [1.807, 2.05) is 146 Å². The fourth-order valence-electron chi connectivity index (χ4n) is 4.73. The summed E-state index contributed by atoms with van der Waals surface area (Å²) in [4.78, 5) is 20.3. The first-order chi connectivity index (χ1) is 19.7. The van der Waals surface area contributed by atoms with E-state index in [0.29, 0.717) is 11.5 Å². The highest BCUT2D eigenvalue weighted by Gasteiger charge is 2.26. The zero-order valence-corrected chi connectivity index (χ0v) is 21.8. The average molecular weight is 518 g/mol. The fraction of sp³-hybridized carbons (Fsp3) is 0. The first-order valence-electron chi connectivity index (χ1n) is 13.3. The molecular weight excluding hydrogens is 491 g/mol. The Morgan fingerprint density at radius 2 is 0.950 bits per heavy atom. The minimum absolute atomic E-state index is 0.173. The van der Waals surface area contributed by atoms with Crippen LogP contribution in [-0.2, 0) is 4.65 Å². The number of hydrogen-bond donors (Lipinski definition) is 2. The van der Waals surface area contributed by atoms with E-state index in [0.717, 1.165) is 39.1 Å². The summed E-state index contributed by atoms with van der Waals surface area (Å²) in [5.41, 5.74) is 7.11. The molecule has 2 aromatic heterocycles. The van der Waals surface area contributed by atoms with Crippen molar-refractivity contribution in [3.05, 3.63) is 163 Å². The van der Waals surface area contributed by atoms with Gasteiger partial charge in [-0.2, -0.15) is 0 Å². The number of aromatic nitrogens is 2. The van der Waals surface area contributed by atoms with Gasteiger partial charge in [0.05, 0.1) is 11.4 Å². The lowest BCUT2D eigenvalue weighted by molar-refractivity contribution is 0.104. The van der Waals surface area contributed by atoms with Gasteiger partial charge in [0.1, 0.15) is 5.76 Å². The van der Waals surface area contributed by atoms with Gasteiger partial charge in [0.2, 0.25) is 5.78 Å². The molecule has 0 radical (unpaired) electrons. The monoisotopic (exact) mass is 518 g/mol. The van der Waals surface area contributed by atoms with Crippen LogP contribution >= 0.6 is 0 Å². The van der Waals surface area contributed by atoms with Crippen LogP contribution in [0.25, 0.3) is 28.3 Å². The second kappa shape index (κ2) is 11.6. The van der Waals surface area contributed by atoms with Crippen molar-refractivity contribution in [2.24, 2.45) is 0 Å². The largest absolute Gasteiger partial charge is 0.550 e. The van der Waals surface area contributed by atoms with Gasteiger partial charge in [0.15, 0.2) is 0 Å². The van der Waals surface area contributed by atoms with Crippen molar-refractivity contribution >= 4 is 29.4 Å². The smallest absolute Gasteiger partial charge is 0.426 e. The molecule has 5 heteroatoms. The molecule has 4 aromatic carbocycles. The van der Waals surface area contributed by atoms with Gasteiger partial charge in [-0.25, -0.2) is 0 Å². The summed E-state index contributed by atoms with van der Waals surface area (Å²) < 4.78 is 6.74. The molecule has 0 aliphatic rings. The number of aromatic amines is 2. The predicted octanol–water partition coefficient (Wildman–Crippen LogP) is 6.72. The summed E-state index contributed by atoms with van der Waals surface area (Å²) in [6, 6.07) is 47.9. The summed E-state index contributed by atoms with van der Waals surface area (Å²) in [7, 11) is 0. The maximum absolute atomic E-state index is 13.6. The van der Waals surface area contributed by atoms with E-state index in [1.165, 1.54) is 0 Å². The first kappa shape index (κ1) is 25.0. The second-order valence-electron chi connectivity index (χ2n) is 9.50. The average Bonchev–Trinajstić information content (AvgIpc) is 3.72. The summed E-state index contributed by atoms with van der Waals surface area (Å²) in [6.45, 7) is -0.409. The number of carbonyl (C=O) groups is 1. The van der Waals surface area contributed by atoms with Gasteiger partial charge >= 0.3 is 6.92 Å². The maximum Gasteiger partial charge on any atom is 0.426 e. The van der Waals surface area contributed by atoms with Gasteiger partial charge in [-0.3, -0.25) is 4.79 Å². The number of benzene rings is 4. The van der Waals surface area contributed by atoms with Gasteiger partial charge in [0, 0.05) is 17.5 Å². The highest BCUT2D eigenvalue weighted by atomic mass is 16.4. The fourth-order valence-corrected chi connectivity index (χ4v) is 4.73. The van der Waals surface area contributed by atoms with Crippen LogP contribution in [0.3, 0.4) is 0 Å². The van der Waals surface area contributed by atoms with E-state index < -0.39 is 6.92 Å². The molecule has 0 bridgehead atoms. The van der Waals surface area contributed by atoms with Crippen LogP contribution in [0, 0.1) is 0 Å². The van der Waals surface area contributed by atoms with E-state index >= 15 is 0 Å². The first-order valence-corrected chi connectivity index (χ1v) is 13.3. The Balaban J connectivity index is 1.40. The Hall–Kier alpha value is -5.29. The van der Waals surface area contributed by atoms with Crippen LogP contribution < -0.4 is 10.9 Å². The lowest BCUT2D eigenvalue weighted by atomic mass is 9.55. The number of allylic oxidation sites excluding steroid dienone is 1. The lowest BCUT2D eigenvalue weighted by Gasteiger charge is -2.19. The van der Waals surface area contributed by atoms with Gasteiger partial charge in [-0.1, -0.05) is 121 Å². The molecule has 0 saturated heterocycles. The molecule has 0 fully saturated rings. The summed E-state index contributed by atoms with van der Waals surface area (Å²) in [5.74, 6) is 0.286. The van der Waals surface area contributed by atoms with Crippen LogP contribution in [-0.4, -0.2) is 22.7 Å². The van der Waals surface area contributed by atoms with Crippen molar-refractivity contribution in [2.75, 3.05) is 0 Å². The van der Waals surface area contributed by atoms with E-state index in [2.05, 4.69) is 9.97 Å². The lowest BCUT2D eigenvalue weighted by Crippen LogP contribution is -2.44. The van der Waals surface area contributed by atoms with Crippen molar-refractivity contribution in [2.45, 2.75) is 0 Å². The highest BCUT2D eigenvalue weighted by Crippen LogP contribution is 2.25. The van der Waals surface area contributed by atoms with Crippen molar-refractivity contribution in [1.29, 1.82) is 0 Å². The molecule has 0 aliphatic heterocycles.